The molecule has 0 aliphatic rings. The lowest BCUT2D eigenvalue weighted by atomic mass is 10.1. The molecule has 40 heavy (non-hydrogen) atoms. The van der Waals surface area contributed by atoms with Crippen LogP contribution in [0.1, 0.15) is 38.8 Å². The maximum absolute atomic E-state index is 13.7. The monoisotopic (exact) mass is 596 g/mol. The van der Waals surface area contributed by atoms with Crippen molar-refractivity contribution in [2.24, 2.45) is 0 Å². The average Bonchev–Trinajstić information content (AvgIpc) is 2.94. The van der Waals surface area contributed by atoms with Crippen LogP contribution in [0.15, 0.2) is 95.9 Å². The number of esters is 1. The van der Waals surface area contributed by atoms with Crippen molar-refractivity contribution in [1.29, 1.82) is 0 Å². The van der Waals surface area contributed by atoms with Gasteiger partial charge >= 0.3 is 5.97 Å². The highest BCUT2D eigenvalue weighted by Gasteiger charge is 2.26. The molecule has 0 saturated carbocycles. The van der Waals surface area contributed by atoms with E-state index in [-0.39, 0.29) is 28.6 Å². The first kappa shape index (κ1) is 29.1. The van der Waals surface area contributed by atoms with Crippen LogP contribution in [0.25, 0.3) is 0 Å². The molecule has 0 aliphatic carbocycles. The van der Waals surface area contributed by atoms with E-state index < -0.39 is 21.9 Å². The molecule has 0 radical (unpaired) electrons. The van der Waals surface area contributed by atoms with E-state index in [0.717, 1.165) is 5.56 Å². The minimum Gasteiger partial charge on any atom is -0.462 e. The molecule has 7 nitrogen and oxygen atoms in total. The smallest absolute Gasteiger partial charge is 0.339 e. The summed E-state index contributed by atoms with van der Waals surface area (Å²) >= 11 is 12.4. The molecule has 0 heterocycles. The highest BCUT2D eigenvalue weighted by Crippen LogP contribution is 2.31. The standard InChI is InChI=1S/C30H26Cl2N2O5S/c1-3-39-30(36)26-16-15-24(18-27(26)32)33-29(35)22-12-10-21(11-13-22)19-34(28-17-23(31)14-9-20(28)2)40(37,38)25-7-5-4-6-8-25/h4-18H,3,19H2,1-2H3,(H,33,35). The highest BCUT2D eigenvalue weighted by molar-refractivity contribution is 7.92. The van der Waals surface area contributed by atoms with Crippen molar-refractivity contribution in [2.75, 3.05) is 16.2 Å². The normalized spacial score (nSPS) is 11.1. The Morgan fingerprint density at radius 1 is 0.900 bits per heavy atom. The van der Waals surface area contributed by atoms with E-state index in [2.05, 4.69) is 5.32 Å². The predicted molar refractivity (Wildman–Crippen MR) is 158 cm³/mol. The molecule has 0 unspecified atom stereocenters. The second-order valence-electron chi connectivity index (χ2n) is 8.82. The van der Waals surface area contributed by atoms with E-state index in [9.17, 15) is 18.0 Å². The van der Waals surface area contributed by atoms with Crippen LogP contribution in [0.2, 0.25) is 10.0 Å². The molecule has 1 N–H and O–H groups in total. The Bertz CT molecular complexity index is 1640. The topological polar surface area (TPSA) is 92.8 Å². The van der Waals surface area contributed by atoms with Gasteiger partial charge in [0.05, 0.1) is 34.3 Å². The third-order valence-corrected chi connectivity index (χ3v) is 8.36. The van der Waals surface area contributed by atoms with Gasteiger partial charge in [0, 0.05) is 16.3 Å². The summed E-state index contributed by atoms with van der Waals surface area (Å²) in [5.74, 6) is -0.941. The lowest BCUT2D eigenvalue weighted by Gasteiger charge is -2.26. The summed E-state index contributed by atoms with van der Waals surface area (Å²) in [5, 5.41) is 3.31. The molecule has 4 aromatic carbocycles. The number of halogens is 2. The third kappa shape index (κ3) is 6.65. The first-order valence-electron chi connectivity index (χ1n) is 12.3. The minimum atomic E-state index is -3.93. The summed E-state index contributed by atoms with van der Waals surface area (Å²) in [6.07, 6.45) is 0. The molecule has 0 aliphatic heterocycles. The van der Waals surface area contributed by atoms with E-state index in [4.69, 9.17) is 27.9 Å². The maximum atomic E-state index is 13.7. The van der Waals surface area contributed by atoms with Gasteiger partial charge in [0.1, 0.15) is 0 Å². The summed E-state index contributed by atoms with van der Waals surface area (Å²) in [4.78, 5) is 25.0. The molecule has 4 aromatic rings. The number of aryl methyl sites for hydroxylation is 1. The zero-order valence-electron chi connectivity index (χ0n) is 21.7. The van der Waals surface area contributed by atoms with Gasteiger partial charge in [-0.1, -0.05) is 59.6 Å². The van der Waals surface area contributed by atoms with Crippen molar-refractivity contribution in [1.82, 2.24) is 0 Å². The first-order valence-corrected chi connectivity index (χ1v) is 14.5. The summed E-state index contributed by atoms with van der Waals surface area (Å²) in [5.41, 5.74) is 2.83. The number of nitrogens with one attached hydrogen (secondary N) is 1. The number of carbonyl (C=O) groups excluding carboxylic acids is 2. The van der Waals surface area contributed by atoms with Crippen LogP contribution < -0.4 is 9.62 Å². The number of hydrogen-bond acceptors (Lipinski definition) is 5. The Morgan fingerprint density at radius 3 is 2.25 bits per heavy atom. The number of carbonyl (C=O) groups is 2. The predicted octanol–water partition coefficient (Wildman–Crippen LogP) is 7.13. The van der Waals surface area contributed by atoms with Crippen molar-refractivity contribution in [3.05, 3.63) is 123 Å². The molecule has 206 valence electrons. The molecule has 0 atom stereocenters. The molecule has 0 fully saturated rings. The third-order valence-electron chi connectivity index (χ3n) is 6.04. The second-order valence-corrected chi connectivity index (χ2v) is 11.5. The molecule has 0 bridgehead atoms. The van der Waals surface area contributed by atoms with Crippen molar-refractivity contribution in [2.45, 2.75) is 25.3 Å². The van der Waals surface area contributed by atoms with Crippen LogP contribution in [0.3, 0.4) is 0 Å². The zero-order valence-corrected chi connectivity index (χ0v) is 24.1. The molecule has 1 amide bonds. The Labute approximate surface area is 243 Å². The fraction of sp³-hybridized carbons (Fsp3) is 0.133. The first-order chi connectivity index (χ1) is 19.1. The highest BCUT2D eigenvalue weighted by atomic mass is 35.5. The van der Waals surface area contributed by atoms with Gasteiger partial charge in [0.15, 0.2) is 0 Å². The number of ether oxygens (including phenoxy) is 1. The summed E-state index contributed by atoms with van der Waals surface area (Å²) < 4.78 is 33.7. The van der Waals surface area contributed by atoms with E-state index in [1.807, 2.05) is 6.92 Å². The lowest BCUT2D eigenvalue weighted by molar-refractivity contribution is 0.0526. The Balaban J connectivity index is 1.56. The lowest BCUT2D eigenvalue weighted by Crippen LogP contribution is -2.31. The number of nitrogens with zero attached hydrogens (tertiary/aromatic N) is 1. The fourth-order valence-electron chi connectivity index (χ4n) is 3.97. The molecule has 0 aromatic heterocycles. The van der Waals surface area contributed by atoms with Gasteiger partial charge in [0.2, 0.25) is 0 Å². The van der Waals surface area contributed by atoms with E-state index in [0.29, 0.717) is 27.5 Å². The van der Waals surface area contributed by atoms with Crippen LogP contribution in [0.4, 0.5) is 11.4 Å². The van der Waals surface area contributed by atoms with Gasteiger partial charge < -0.3 is 10.1 Å². The summed E-state index contributed by atoms with van der Waals surface area (Å²) in [6, 6.07) is 24.4. The summed E-state index contributed by atoms with van der Waals surface area (Å²) in [6.45, 7) is 3.76. The Hall–Kier alpha value is -3.85. The van der Waals surface area contributed by atoms with Gasteiger partial charge in [-0.2, -0.15) is 0 Å². The van der Waals surface area contributed by atoms with Crippen LogP contribution in [-0.2, 0) is 21.3 Å². The molecule has 10 heteroatoms. The van der Waals surface area contributed by atoms with Crippen LogP contribution in [-0.4, -0.2) is 26.9 Å². The molecule has 0 saturated heterocycles. The fourth-order valence-corrected chi connectivity index (χ4v) is 5.92. The van der Waals surface area contributed by atoms with E-state index in [1.165, 1.54) is 16.4 Å². The number of hydrogen-bond donors (Lipinski definition) is 1. The van der Waals surface area contributed by atoms with Crippen LogP contribution in [0.5, 0.6) is 0 Å². The van der Waals surface area contributed by atoms with Gasteiger partial charge in [-0.15, -0.1) is 0 Å². The SMILES string of the molecule is CCOC(=O)c1ccc(NC(=O)c2ccc(CN(c3cc(Cl)ccc3C)S(=O)(=O)c3ccccc3)cc2)cc1Cl. The van der Waals surface area contributed by atoms with Crippen molar-refractivity contribution >= 4 is 56.5 Å². The largest absolute Gasteiger partial charge is 0.462 e. The molecular formula is C30H26Cl2N2O5S. The van der Waals surface area contributed by atoms with Crippen molar-refractivity contribution in [3.8, 4) is 0 Å². The number of sulfonamides is 1. The van der Waals surface area contributed by atoms with E-state index in [1.54, 1.807) is 85.8 Å². The Kier molecular flexibility index (Phi) is 9.14. The van der Waals surface area contributed by atoms with Gasteiger partial charge in [-0.25, -0.2) is 13.2 Å². The number of amides is 1. The van der Waals surface area contributed by atoms with Gasteiger partial charge in [-0.3, -0.25) is 9.10 Å². The molecule has 4 rings (SSSR count). The molecule has 0 spiro atoms. The number of benzene rings is 4. The maximum Gasteiger partial charge on any atom is 0.339 e. The van der Waals surface area contributed by atoms with Crippen LogP contribution >= 0.6 is 23.2 Å². The average molecular weight is 598 g/mol. The zero-order chi connectivity index (χ0) is 28.9. The van der Waals surface area contributed by atoms with Crippen molar-refractivity contribution < 1.29 is 22.7 Å². The second kappa shape index (κ2) is 12.6. The Morgan fingerprint density at radius 2 is 1.60 bits per heavy atom. The van der Waals surface area contributed by atoms with Gasteiger partial charge in [-0.05, 0) is 79.6 Å². The van der Waals surface area contributed by atoms with Crippen LogP contribution in [0, 0.1) is 6.92 Å². The summed E-state index contributed by atoms with van der Waals surface area (Å²) in [7, 11) is -3.93. The quantitative estimate of drug-likeness (QED) is 0.207. The number of anilines is 2. The molecular weight excluding hydrogens is 571 g/mol. The number of rotatable bonds is 9. The van der Waals surface area contributed by atoms with E-state index >= 15 is 0 Å². The van der Waals surface area contributed by atoms with Crippen molar-refractivity contribution in [3.63, 3.8) is 0 Å². The van der Waals surface area contributed by atoms with Gasteiger partial charge in [0.25, 0.3) is 15.9 Å². The minimum absolute atomic E-state index is 0.0191.